The van der Waals surface area contributed by atoms with E-state index in [1.807, 2.05) is 48.5 Å². The molecule has 1 heteroatoms. The van der Waals surface area contributed by atoms with Crippen molar-refractivity contribution in [2.24, 2.45) is 0 Å². The first-order valence-electron chi connectivity index (χ1n) is 6.16. The van der Waals surface area contributed by atoms with Crippen molar-refractivity contribution < 1.29 is 4.79 Å². The lowest BCUT2D eigenvalue weighted by Crippen LogP contribution is -1.92. The Bertz CT molecular complexity index is 536. The first kappa shape index (κ1) is 12.3. The summed E-state index contributed by atoms with van der Waals surface area (Å²) in [5.74, 6) is 0.0372. The van der Waals surface area contributed by atoms with Crippen LogP contribution < -0.4 is 0 Å². The number of hydrogen-bond donors (Lipinski definition) is 0. The highest BCUT2D eigenvalue weighted by Crippen LogP contribution is 2.08. The molecular formula is C17H16O. The largest absolute Gasteiger partial charge is 0.289 e. The zero-order valence-electron chi connectivity index (χ0n) is 10.5. The van der Waals surface area contributed by atoms with E-state index in [2.05, 4.69) is 19.1 Å². The van der Waals surface area contributed by atoms with E-state index in [0.29, 0.717) is 0 Å². The van der Waals surface area contributed by atoms with E-state index < -0.39 is 0 Å². The Hall–Kier alpha value is -2.15. The van der Waals surface area contributed by atoms with E-state index in [9.17, 15) is 4.79 Å². The molecule has 0 bridgehead atoms. The Morgan fingerprint density at radius 2 is 1.67 bits per heavy atom. The smallest absolute Gasteiger partial charge is 0.185 e. The standard InChI is InChI=1S/C17H16O/c1-2-14-8-10-15(11-9-14)12-13-17(18)16-6-4-3-5-7-16/h3-13H,2H2,1H3. The molecule has 0 saturated heterocycles. The minimum atomic E-state index is 0.0372. The lowest BCUT2D eigenvalue weighted by atomic mass is 10.1. The number of benzene rings is 2. The minimum Gasteiger partial charge on any atom is -0.289 e. The maximum Gasteiger partial charge on any atom is 0.185 e. The highest BCUT2D eigenvalue weighted by molar-refractivity contribution is 6.06. The van der Waals surface area contributed by atoms with Crippen LogP contribution in [0.2, 0.25) is 0 Å². The molecule has 0 heterocycles. The number of allylic oxidation sites excluding steroid dienone is 1. The molecule has 0 aliphatic rings. The summed E-state index contributed by atoms with van der Waals surface area (Å²) in [6.07, 6.45) is 4.51. The summed E-state index contributed by atoms with van der Waals surface area (Å²) in [6, 6.07) is 17.6. The quantitative estimate of drug-likeness (QED) is 0.576. The second kappa shape index (κ2) is 5.97. The molecule has 0 saturated carbocycles. The summed E-state index contributed by atoms with van der Waals surface area (Å²) in [5, 5.41) is 0. The van der Waals surface area contributed by atoms with Crippen LogP contribution in [0.15, 0.2) is 60.7 Å². The van der Waals surface area contributed by atoms with Crippen molar-refractivity contribution in [1.82, 2.24) is 0 Å². The van der Waals surface area contributed by atoms with Gasteiger partial charge < -0.3 is 0 Å². The predicted molar refractivity (Wildman–Crippen MR) is 75.6 cm³/mol. The Morgan fingerprint density at radius 3 is 2.28 bits per heavy atom. The van der Waals surface area contributed by atoms with Crippen LogP contribution >= 0.6 is 0 Å². The monoisotopic (exact) mass is 236 g/mol. The van der Waals surface area contributed by atoms with E-state index in [4.69, 9.17) is 0 Å². The van der Waals surface area contributed by atoms with Gasteiger partial charge in [-0.2, -0.15) is 0 Å². The maximum absolute atomic E-state index is 11.9. The highest BCUT2D eigenvalue weighted by Gasteiger charge is 1.99. The van der Waals surface area contributed by atoms with Crippen molar-refractivity contribution >= 4 is 11.9 Å². The molecule has 0 aliphatic heterocycles. The molecule has 90 valence electrons. The SMILES string of the molecule is CCc1ccc(C=CC(=O)c2ccccc2)cc1. The zero-order valence-corrected chi connectivity index (χ0v) is 10.5. The first-order chi connectivity index (χ1) is 8.79. The molecule has 2 aromatic carbocycles. The van der Waals surface area contributed by atoms with Crippen molar-refractivity contribution in [2.45, 2.75) is 13.3 Å². The molecule has 0 N–H and O–H groups in total. The number of hydrogen-bond acceptors (Lipinski definition) is 1. The number of ketones is 1. The van der Waals surface area contributed by atoms with E-state index in [1.54, 1.807) is 6.08 Å². The van der Waals surface area contributed by atoms with Gasteiger partial charge in [-0.05, 0) is 23.6 Å². The molecule has 0 atom stereocenters. The van der Waals surface area contributed by atoms with Gasteiger partial charge in [0.2, 0.25) is 0 Å². The molecule has 1 nitrogen and oxygen atoms in total. The van der Waals surface area contributed by atoms with Gasteiger partial charge in [0.1, 0.15) is 0 Å². The van der Waals surface area contributed by atoms with Crippen molar-refractivity contribution in [3.05, 3.63) is 77.4 Å². The summed E-state index contributed by atoms with van der Waals surface area (Å²) < 4.78 is 0. The molecule has 18 heavy (non-hydrogen) atoms. The Labute approximate surface area is 108 Å². The average molecular weight is 236 g/mol. The van der Waals surface area contributed by atoms with E-state index in [0.717, 1.165) is 17.5 Å². The fourth-order valence-electron chi connectivity index (χ4n) is 1.74. The van der Waals surface area contributed by atoms with Gasteiger partial charge in [0.15, 0.2) is 5.78 Å². The lowest BCUT2D eigenvalue weighted by Gasteiger charge is -1.97. The van der Waals surface area contributed by atoms with Crippen LogP contribution in [-0.4, -0.2) is 5.78 Å². The topological polar surface area (TPSA) is 17.1 Å². The van der Waals surface area contributed by atoms with Crippen molar-refractivity contribution in [1.29, 1.82) is 0 Å². The van der Waals surface area contributed by atoms with Crippen LogP contribution in [0.4, 0.5) is 0 Å². The molecule has 0 aliphatic carbocycles. The molecule has 0 fully saturated rings. The average Bonchev–Trinajstić information content (AvgIpc) is 2.46. The van der Waals surface area contributed by atoms with Gasteiger partial charge in [-0.3, -0.25) is 4.79 Å². The third-order valence-electron chi connectivity index (χ3n) is 2.87. The van der Waals surface area contributed by atoms with Gasteiger partial charge in [0.05, 0.1) is 0 Å². The summed E-state index contributed by atoms with van der Waals surface area (Å²) in [4.78, 5) is 11.9. The van der Waals surface area contributed by atoms with Crippen LogP contribution in [0, 0.1) is 0 Å². The minimum absolute atomic E-state index is 0.0372. The Morgan fingerprint density at radius 1 is 1.00 bits per heavy atom. The molecule has 0 unspecified atom stereocenters. The lowest BCUT2D eigenvalue weighted by molar-refractivity contribution is 0.104. The fourth-order valence-corrected chi connectivity index (χ4v) is 1.74. The highest BCUT2D eigenvalue weighted by atomic mass is 16.1. The van der Waals surface area contributed by atoms with Crippen LogP contribution in [-0.2, 0) is 6.42 Å². The maximum atomic E-state index is 11.9. The molecule has 0 spiro atoms. The molecule has 0 amide bonds. The van der Waals surface area contributed by atoms with Gasteiger partial charge in [-0.15, -0.1) is 0 Å². The molecule has 2 rings (SSSR count). The summed E-state index contributed by atoms with van der Waals surface area (Å²) in [6.45, 7) is 2.13. The van der Waals surface area contributed by atoms with Gasteiger partial charge in [0.25, 0.3) is 0 Å². The van der Waals surface area contributed by atoms with Crippen LogP contribution in [0.5, 0.6) is 0 Å². The van der Waals surface area contributed by atoms with Crippen molar-refractivity contribution in [3.63, 3.8) is 0 Å². The fraction of sp³-hybridized carbons (Fsp3) is 0.118. The van der Waals surface area contributed by atoms with Gasteiger partial charge in [0, 0.05) is 5.56 Å². The van der Waals surface area contributed by atoms with E-state index in [1.165, 1.54) is 5.56 Å². The van der Waals surface area contributed by atoms with Crippen LogP contribution in [0.25, 0.3) is 6.08 Å². The molecular weight excluding hydrogens is 220 g/mol. The summed E-state index contributed by atoms with van der Waals surface area (Å²) >= 11 is 0. The second-order valence-electron chi connectivity index (χ2n) is 4.16. The van der Waals surface area contributed by atoms with Crippen molar-refractivity contribution in [3.8, 4) is 0 Å². The molecule has 0 aromatic heterocycles. The number of rotatable bonds is 4. The Balaban J connectivity index is 2.08. The third-order valence-corrected chi connectivity index (χ3v) is 2.87. The van der Waals surface area contributed by atoms with Gasteiger partial charge >= 0.3 is 0 Å². The number of aryl methyl sites for hydroxylation is 1. The van der Waals surface area contributed by atoms with Gasteiger partial charge in [-0.1, -0.05) is 67.6 Å². The predicted octanol–water partition coefficient (Wildman–Crippen LogP) is 4.15. The number of carbonyl (C=O) groups excluding carboxylic acids is 1. The summed E-state index contributed by atoms with van der Waals surface area (Å²) in [5.41, 5.74) is 3.08. The van der Waals surface area contributed by atoms with Crippen LogP contribution in [0.1, 0.15) is 28.4 Å². The summed E-state index contributed by atoms with van der Waals surface area (Å²) in [7, 11) is 0. The first-order valence-corrected chi connectivity index (χ1v) is 6.16. The third kappa shape index (κ3) is 3.17. The van der Waals surface area contributed by atoms with Crippen LogP contribution in [0.3, 0.4) is 0 Å². The zero-order chi connectivity index (χ0) is 12.8. The Kier molecular flexibility index (Phi) is 4.08. The van der Waals surface area contributed by atoms with Gasteiger partial charge in [-0.25, -0.2) is 0 Å². The van der Waals surface area contributed by atoms with Crippen molar-refractivity contribution in [2.75, 3.05) is 0 Å². The van der Waals surface area contributed by atoms with E-state index in [-0.39, 0.29) is 5.78 Å². The molecule has 0 radical (unpaired) electrons. The normalized spacial score (nSPS) is 10.7. The van der Waals surface area contributed by atoms with E-state index >= 15 is 0 Å². The molecule has 2 aromatic rings. The second-order valence-corrected chi connectivity index (χ2v) is 4.16. The number of carbonyl (C=O) groups is 1.